The van der Waals surface area contributed by atoms with Gasteiger partial charge in [0.25, 0.3) is 0 Å². The molecule has 0 aliphatic carbocycles. The van der Waals surface area contributed by atoms with E-state index in [-0.39, 0.29) is 12.1 Å². The number of benzene rings is 1. The normalized spacial score (nSPS) is 14.2. The van der Waals surface area contributed by atoms with Gasteiger partial charge in [0.1, 0.15) is 5.75 Å². The fourth-order valence-electron chi connectivity index (χ4n) is 1.45. The highest BCUT2D eigenvalue weighted by Crippen LogP contribution is 2.28. The van der Waals surface area contributed by atoms with Crippen LogP contribution in [0.3, 0.4) is 0 Å². The minimum atomic E-state index is 0.139. The van der Waals surface area contributed by atoms with E-state index in [1.54, 1.807) is 7.11 Å². The largest absolute Gasteiger partial charge is 0.492 e. The molecule has 2 unspecified atom stereocenters. The van der Waals surface area contributed by atoms with E-state index in [1.807, 2.05) is 32.0 Å². The maximum Gasteiger partial charge on any atom is 0.138 e. The summed E-state index contributed by atoms with van der Waals surface area (Å²) in [5.41, 5.74) is 0.967. The third-order valence-corrected chi connectivity index (χ3v) is 3.00. The Morgan fingerprint density at radius 1 is 1.35 bits per heavy atom. The number of halogens is 1. The standard InChI is InChI=1S/C13H20ClNO2/c1-5-17-13-7-6-11(8-12(13)14)15-9(2)10(3)16-4/h6-10,15H,5H2,1-4H3. The van der Waals surface area contributed by atoms with Crippen LogP contribution in [0.15, 0.2) is 18.2 Å². The van der Waals surface area contributed by atoms with Gasteiger partial charge in [-0.15, -0.1) is 0 Å². The summed E-state index contributed by atoms with van der Waals surface area (Å²) in [6, 6.07) is 5.91. The van der Waals surface area contributed by atoms with Crippen LogP contribution in [0.1, 0.15) is 20.8 Å². The molecule has 0 fully saturated rings. The molecule has 0 radical (unpaired) electrons. The van der Waals surface area contributed by atoms with E-state index >= 15 is 0 Å². The molecule has 1 rings (SSSR count). The van der Waals surface area contributed by atoms with E-state index in [2.05, 4.69) is 12.2 Å². The first-order valence-corrected chi connectivity index (χ1v) is 6.18. The fraction of sp³-hybridized carbons (Fsp3) is 0.538. The Morgan fingerprint density at radius 2 is 2.06 bits per heavy atom. The van der Waals surface area contributed by atoms with Crippen molar-refractivity contribution in [3.63, 3.8) is 0 Å². The van der Waals surface area contributed by atoms with Gasteiger partial charge in [-0.05, 0) is 39.0 Å². The minimum Gasteiger partial charge on any atom is -0.492 e. The van der Waals surface area contributed by atoms with Crippen molar-refractivity contribution in [2.24, 2.45) is 0 Å². The van der Waals surface area contributed by atoms with Crippen LogP contribution in [0.25, 0.3) is 0 Å². The maximum absolute atomic E-state index is 6.11. The smallest absolute Gasteiger partial charge is 0.138 e. The van der Waals surface area contributed by atoms with Crippen LogP contribution >= 0.6 is 11.6 Å². The van der Waals surface area contributed by atoms with Gasteiger partial charge < -0.3 is 14.8 Å². The predicted octanol–water partition coefficient (Wildman–Crippen LogP) is 3.57. The zero-order chi connectivity index (χ0) is 12.8. The summed E-state index contributed by atoms with van der Waals surface area (Å²) in [6.07, 6.45) is 0.139. The van der Waals surface area contributed by atoms with Gasteiger partial charge in [-0.3, -0.25) is 0 Å². The molecule has 0 amide bonds. The van der Waals surface area contributed by atoms with Gasteiger partial charge in [-0.1, -0.05) is 11.6 Å². The molecule has 0 saturated heterocycles. The first-order valence-electron chi connectivity index (χ1n) is 5.80. The quantitative estimate of drug-likeness (QED) is 0.845. The Balaban J connectivity index is 2.70. The van der Waals surface area contributed by atoms with Crippen LogP contribution < -0.4 is 10.1 Å². The molecule has 0 bridgehead atoms. The summed E-state index contributed by atoms with van der Waals surface area (Å²) in [5, 5.41) is 3.96. The van der Waals surface area contributed by atoms with Gasteiger partial charge in [-0.2, -0.15) is 0 Å². The van der Waals surface area contributed by atoms with Crippen molar-refractivity contribution in [2.75, 3.05) is 19.0 Å². The van der Waals surface area contributed by atoms with Crippen molar-refractivity contribution in [3.8, 4) is 5.75 Å². The van der Waals surface area contributed by atoms with Crippen molar-refractivity contribution in [1.82, 2.24) is 0 Å². The fourth-order valence-corrected chi connectivity index (χ4v) is 1.68. The Kier molecular flexibility index (Phi) is 5.59. The average Bonchev–Trinajstić information content (AvgIpc) is 2.31. The van der Waals surface area contributed by atoms with Gasteiger partial charge in [-0.25, -0.2) is 0 Å². The second kappa shape index (κ2) is 6.72. The van der Waals surface area contributed by atoms with Crippen molar-refractivity contribution in [2.45, 2.75) is 32.9 Å². The average molecular weight is 258 g/mol. The van der Waals surface area contributed by atoms with Crippen LogP contribution in [0.4, 0.5) is 5.69 Å². The minimum absolute atomic E-state index is 0.139. The molecule has 3 nitrogen and oxygen atoms in total. The molecule has 1 N–H and O–H groups in total. The molecule has 0 heterocycles. The lowest BCUT2D eigenvalue weighted by molar-refractivity contribution is 0.106. The number of nitrogens with one attached hydrogen (secondary N) is 1. The first-order chi connectivity index (χ1) is 8.08. The van der Waals surface area contributed by atoms with Crippen LogP contribution in [0, 0.1) is 0 Å². The van der Waals surface area contributed by atoms with E-state index in [1.165, 1.54) is 0 Å². The molecule has 0 aromatic heterocycles. The van der Waals surface area contributed by atoms with Crippen LogP contribution in [-0.4, -0.2) is 25.9 Å². The Labute approximate surface area is 108 Å². The SMILES string of the molecule is CCOc1ccc(NC(C)C(C)OC)cc1Cl. The number of anilines is 1. The number of hydrogen-bond acceptors (Lipinski definition) is 3. The summed E-state index contributed by atoms with van der Waals surface area (Å²) >= 11 is 6.11. The second-order valence-electron chi connectivity index (χ2n) is 3.95. The molecule has 1 aromatic carbocycles. The number of methoxy groups -OCH3 is 1. The van der Waals surface area contributed by atoms with Gasteiger partial charge in [0.2, 0.25) is 0 Å². The Morgan fingerprint density at radius 3 is 2.59 bits per heavy atom. The van der Waals surface area contributed by atoms with Gasteiger partial charge in [0, 0.05) is 18.8 Å². The molecule has 0 aliphatic rings. The monoisotopic (exact) mass is 257 g/mol. The summed E-state index contributed by atoms with van der Waals surface area (Å²) < 4.78 is 10.6. The Hall–Kier alpha value is -0.930. The molecular weight excluding hydrogens is 238 g/mol. The molecule has 17 heavy (non-hydrogen) atoms. The summed E-state index contributed by atoms with van der Waals surface area (Å²) in [5.74, 6) is 0.715. The molecule has 96 valence electrons. The highest BCUT2D eigenvalue weighted by molar-refractivity contribution is 6.32. The lowest BCUT2D eigenvalue weighted by Crippen LogP contribution is -2.29. The number of ether oxygens (including phenoxy) is 2. The van der Waals surface area contributed by atoms with Gasteiger partial charge in [0.05, 0.1) is 17.7 Å². The van der Waals surface area contributed by atoms with Gasteiger partial charge in [0.15, 0.2) is 0 Å². The third-order valence-electron chi connectivity index (χ3n) is 2.70. The predicted molar refractivity (Wildman–Crippen MR) is 72.2 cm³/mol. The molecule has 0 saturated carbocycles. The van der Waals surface area contributed by atoms with Crippen LogP contribution in [0.2, 0.25) is 5.02 Å². The Bertz CT molecular complexity index is 357. The molecular formula is C13H20ClNO2. The molecule has 1 aromatic rings. The molecule has 2 atom stereocenters. The lowest BCUT2D eigenvalue weighted by atomic mass is 10.2. The van der Waals surface area contributed by atoms with Crippen molar-refractivity contribution >= 4 is 17.3 Å². The maximum atomic E-state index is 6.11. The molecule has 0 aliphatic heterocycles. The van der Waals surface area contributed by atoms with E-state index in [4.69, 9.17) is 21.1 Å². The number of hydrogen-bond donors (Lipinski definition) is 1. The van der Waals surface area contributed by atoms with E-state index in [0.717, 1.165) is 5.69 Å². The first kappa shape index (κ1) is 14.1. The topological polar surface area (TPSA) is 30.5 Å². The second-order valence-corrected chi connectivity index (χ2v) is 4.36. The lowest BCUT2D eigenvalue weighted by Gasteiger charge is -2.21. The van der Waals surface area contributed by atoms with E-state index < -0.39 is 0 Å². The van der Waals surface area contributed by atoms with Crippen molar-refractivity contribution in [3.05, 3.63) is 23.2 Å². The third kappa shape index (κ3) is 4.10. The molecule has 4 heteroatoms. The zero-order valence-electron chi connectivity index (χ0n) is 10.8. The summed E-state index contributed by atoms with van der Waals surface area (Å²) in [6.45, 7) is 6.64. The summed E-state index contributed by atoms with van der Waals surface area (Å²) in [4.78, 5) is 0. The van der Waals surface area contributed by atoms with Crippen LogP contribution in [0.5, 0.6) is 5.75 Å². The van der Waals surface area contributed by atoms with Crippen molar-refractivity contribution < 1.29 is 9.47 Å². The zero-order valence-corrected chi connectivity index (χ0v) is 11.5. The van der Waals surface area contributed by atoms with Gasteiger partial charge >= 0.3 is 0 Å². The van der Waals surface area contributed by atoms with E-state index in [0.29, 0.717) is 17.4 Å². The van der Waals surface area contributed by atoms with E-state index in [9.17, 15) is 0 Å². The van der Waals surface area contributed by atoms with Crippen LogP contribution in [-0.2, 0) is 4.74 Å². The molecule has 0 spiro atoms. The van der Waals surface area contributed by atoms with Crippen molar-refractivity contribution in [1.29, 1.82) is 0 Å². The summed E-state index contributed by atoms with van der Waals surface area (Å²) in [7, 11) is 1.70. The highest BCUT2D eigenvalue weighted by Gasteiger charge is 2.11. The highest BCUT2D eigenvalue weighted by atomic mass is 35.5. The number of rotatable bonds is 6.